The Bertz CT molecular complexity index is 1320. The van der Waals surface area contributed by atoms with Crippen molar-refractivity contribution in [3.63, 3.8) is 0 Å². The number of aromatic nitrogens is 3. The molecule has 0 aliphatic carbocycles. The number of anilines is 3. The van der Waals surface area contributed by atoms with E-state index >= 15 is 0 Å². The third-order valence-corrected chi connectivity index (χ3v) is 5.70. The van der Waals surface area contributed by atoms with Crippen LogP contribution in [0, 0.1) is 0 Å². The third kappa shape index (κ3) is 5.99. The van der Waals surface area contributed by atoms with Gasteiger partial charge in [0.25, 0.3) is 0 Å². The van der Waals surface area contributed by atoms with E-state index in [0.29, 0.717) is 17.2 Å². The first-order valence-corrected chi connectivity index (χ1v) is 11.6. The Morgan fingerprint density at radius 2 is 1.74 bits per heavy atom. The molecule has 1 saturated heterocycles. The molecule has 0 spiro atoms. The number of likely N-dealkylation sites (tertiary alicyclic amines) is 1. The number of benzene rings is 2. The minimum atomic E-state index is -0.212. The molecule has 0 unspecified atom stereocenters. The molecule has 8 heteroatoms. The Morgan fingerprint density at radius 1 is 0.971 bits per heavy atom. The third-order valence-electron chi connectivity index (χ3n) is 5.70. The molecule has 1 aliphatic heterocycles. The maximum Gasteiger partial charge on any atom is 0.249 e. The second-order valence-electron chi connectivity index (χ2n) is 8.27. The number of nitrogens with one attached hydrogen (secondary N) is 2. The summed E-state index contributed by atoms with van der Waals surface area (Å²) in [4.78, 5) is 27.7. The number of nitrogens with zero attached hydrogens (tertiary/aromatic N) is 4. The molecule has 2 N–H and O–H groups in total. The minimum Gasteiger partial charge on any atom is -0.457 e. The lowest BCUT2D eigenvalue weighted by Crippen LogP contribution is -2.19. The van der Waals surface area contributed by atoms with Crippen molar-refractivity contribution in [1.82, 2.24) is 19.9 Å². The molecule has 0 radical (unpaired) electrons. The SMILES string of the molecule is O=C(C=CCN1CCCC1)Nc1cc2c(Nc3ccc(Oc4ccccc4)cc3)ncnc2cn1. The number of carbonyl (C=O) groups is 1. The van der Waals surface area contributed by atoms with Crippen LogP contribution < -0.4 is 15.4 Å². The van der Waals surface area contributed by atoms with Crippen LogP contribution in [-0.2, 0) is 4.79 Å². The van der Waals surface area contributed by atoms with E-state index in [1.54, 1.807) is 18.3 Å². The summed E-state index contributed by atoms with van der Waals surface area (Å²) in [5, 5.41) is 6.90. The van der Waals surface area contributed by atoms with Gasteiger partial charge in [-0.15, -0.1) is 0 Å². The van der Waals surface area contributed by atoms with E-state index in [2.05, 4.69) is 30.5 Å². The van der Waals surface area contributed by atoms with Gasteiger partial charge in [-0.25, -0.2) is 15.0 Å². The maximum absolute atomic E-state index is 12.3. The first-order valence-electron chi connectivity index (χ1n) is 11.6. The minimum absolute atomic E-state index is 0.212. The second kappa shape index (κ2) is 10.8. The Hall–Kier alpha value is -4.30. The largest absolute Gasteiger partial charge is 0.457 e. The number of hydrogen-bond acceptors (Lipinski definition) is 7. The first-order chi connectivity index (χ1) is 17.2. The van der Waals surface area contributed by atoms with Gasteiger partial charge in [-0.3, -0.25) is 9.69 Å². The molecule has 0 saturated carbocycles. The van der Waals surface area contributed by atoms with Gasteiger partial charge in [-0.1, -0.05) is 24.3 Å². The van der Waals surface area contributed by atoms with E-state index < -0.39 is 0 Å². The monoisotopic (exact) mass is 466 g/mol. The molecule has 1 fully saturated rings. The summed E-state index contributed by atoms with van der Waals surface area (Å²) in [6.45, 7) is 2.98. The highest BCUT2D eigenvalue weighted by Crippen LogP contribution is 2.27. The van der Waals surface area contributed by atoms with Gasteiger partial charge in [-0.05, 0) is 68.4 Å². The number of carbonyl (C=O) groups excluding carboxylic acids is 1. The molecule has 0 atom stereocenters. The molecular formula is C27H26N6O2. The molecule has 2 aromatic carbocycles. The number of amides is 1. The van der Waals surface area contributed by atoms with Gasteiger partial charge in [0, 0.05) is 23.7 Å². The molecule has 5 rings (SSSR count). The van der Waals surface area contributed by atoms with E-state index in [1.807, 2.05) is 60.7 Å². The molecule has 3 heterocycles. The van der Waals surface area contributed by atoms with E-state index in [0.717, 1.165) is 42.2 Å². The van der Waals surface area contributed by atoms with Gasteiger partial charge in [0.1, 0.15) is 29.5 Å². The number of pyridine rings is 1. The lowest BCUT2D eigenvalue weighted by atomic mass is 10.2. The topological polar surface area (TPSA) is 92.3 Å². The number of fused-ring (bicyclic) bond motifs is 1. The summed E-state index contributed by atoms with van der Waals surface area (Å²) < 4.78 is 5.85. The first kappa shape index (κ1) is 22.5. The van der Waals surface area contributed by atoms with Gasteiger partial charge < -0.3 is 15.4 Å². The highest BCUT2D eigenvalue weighted by Gasteiger charge is 2.10. The average molecular weight is 467 g/mol. The molecule has 2 aromatic heterocycles. The molecular weight excluding hydrogens is 440 g/mol. The van der Waals surface area contributed by atoms with Gasteiger partial charge in [0.2, 0.25) is 5.91 Å². The van der Waals surface area contributed by atoms with Crippen molar-refractivity contribution in [3.8, 4) is 11.5 Å². The standard InChI is InChI=1S/C27H26N6O2/c34-26(9-6-16-33-14-4-5-15-33)32-25-17-23-24(18-28-25)29-19-30-27(23)31-20-10-12-22(13-11-20)35-21-7-2-1-3-8-21/h1-3,6-13,17-19H,4-5,14-16H2,(H,28,32,34)(H,29,30,31). The summed E-state index contributed by atoms with van der Waals surface area (Å²) in [5.74, 6) is 2.37. The summed E-state index contributed by atoms with van der Waals surface area (Å²) in [6, 6.07) is 19.0. The van der Waals surface area contributed by atoms with Crippen LogP contribution in [-0.4, -0.2) is 45.4 Å². The second-order valence-corrected chi connectivity index (χ2v) is 8.27. The van der Waals surface area contributed by atoms with E-state index in [9.17, 15) is 4.79 Å². The van der Waals surface area contributed by atoms with Crippen molar-refractivity contribution >= 4 is 34.1 Å². The fraction of sp³-hybridized carbons (Fsp3) is 0.185. The Labute approximate surface area is 203 Å². The van der Waals surface area contributed by atoms with E-state index in [1.165, 1.54) is 19.2 Å². The lowest BCUT2D eigenvalue weighted by molar-refractivity contribution is -0.111. The van der Waals surface area contributed by atoms with Crippen LogP contribution in [0.2, 0.25) is 0 Å². The van der Waals surface area contributed by atoms with Crippen LogP contribution in [0.3, 0.4) is 0 Å². The molecule has 4 aromatic rings. The Kier molecular flexibility index (Phi) is 6.91. The van der Waals surface area contributed by atoms with Crippen molar-refractivity contribution in [2.45, 2.75) is 12.8 Å². The van der Waals surface area contributed by atoms with Crippen LogP contribution in [0.4, 0.5) is 17.3 Å². The zero-order valence-electron chi connectivity index (χ0n) is 19.2. The number of para-hydroxylation sites is 1. The van der Waals surface area contributed by atoms with Crippen LogP contribution in [0.15, 0.2) is 85.3 Å². The molecule has 176 valence electrons. The fourth-order valence-electron chi connectivity index (χ4n) is 3.94. The molecule has 35 heavy (non-hydrogen) atoms. The van der Waals surface area contributed by atoms with E-state index in [4.69, 9.17) is 4.74 Å². The number of ether oxygens (including phenoxy) is 1. The van der Waals surface area contributed by atoms with Crippen LogP contribution in [0.1, 0.15) is 12.8 Å². The number of hydrogen-bond donors (Lipinski definition) is 2. The van der Waals surface area contributed by atoms with Crippen LogP contribution in [0.5, 0.6) is 11.5 Å². The fourth-order valence-corrected chi connectivity index (χ4v) is 3.94. The molecule has 1 amide bonds. The smallest absolute Gasteiger partial charge is 0.249 e. The highest BCUT2D eigenvalue weighted by molar-refractivity contribution is 6.00. The van der Waals surface area contributed by atoms with Crippen LogP contribution in [0.25, 0.3) is 10.9 Å². The van der Waals surface area contributed by atoms with Crippen molar-refractivity contribution in [3.05, 3.63) is 85.3 Å². The van der Waals surface area contributed by atoms with Gasteiger partial charge in [-0.2, -0.15) is 0 Å². The highest BCUT2D eigenvalue weighted by atomic mass is 16.5. The summed E-state index contributed by atoms with van der Waals surface area (Å²) in [6.07, 6.45) is 9.02. The lowest BCUT2D eigenvalue weighted by Gasteiger charge is -2.11. The number of rotatable bonds is 8. The molecule has 1 aliphatic rings. The normalized spacial score (nSPS) is 13.8. The molecule has 8 nitrogen and oxygen atoms in total. The zero-order chi connectivity index (χ0) is 23.9. The predicted octanol–water partition coefficient (Wildman–Crippen LogP) is 5.15. The van der Waals surface area contributed by atoms with Crippen LogP contribution >= 0.6 is 0 Å². The maximum atomic E-state index is 12.3. The van der Waals surface area contributed by atoms with Gasteiger partial charge in [0.15, 0.2) is 0 Å². The summed E-state index contributed by atoms with van der Waals surface area (Å²) in [5.41, 5.74) is 1.52. The quantitative estimate of drug-likeness (QED) is 0.347. The van der Waals surface area contributed by atoms with Gasteiger partial charge >= 0.3 is 0 Å². The van der Waals surface area contributed by atoms with Gasteiger partial charge in [0.05, 0.1) is 11.7 Å². The Balaban J connectivity index is 1.26. The predicted molar refractivity (Wildman–Crippen MR) is 137 cm³/mol. The van der Waals surface area contributed by atoms with Crippen molar-refractivity contribution in [2.75, 3.05) is 30.3 Å². The Morgan fingerprint density at radius 3 is 2.54 bits per heavy atom. The summed E-state index contributed by atoms with van der Waals surface area (Å²) in [7, 11) is 0. The summed E-state index contributed by atoms with van der Waals surface area (Å²) >= 11 is 0. The van der Waals surface area contributed by atoms with Crippen molar-refractivity contribution < 1.29 is 9.53 Å². The molecule has 0 bridgehead atoms. The zero-order valence-corrected chi connectivity index (χ0v) is 19.2. The average Bonchev–Trinajstić information content (AvgIpc) is 3.40. The van der Waals surface area contributed by atoms with E-state index in [-0.39, 0.29) is 5.91 Å². The van der Waals surface area contributed by atoms with Crippen molar-refractivity contribution in [1.29, 1.82) is 0 Å². The van der Waals surface area contributed by atoms with Crippen molar-refractivity contribution in [2.24, 2.45) is 0 Å².